The maximum Gasteiger partial charge on any atom is 0.160 e. The van der Waals surface area contributed by atoms with Crippen LogP contribution in [0.15, 0.2) is 194 Å². The summed E-state index contributed by atoms with van der Waals surface area (Å²) in [6.07, 6.45) is 12.3. The molecule has 0 spiro atoms. The summed E-state index contributed by atoms with van der Waals surface area (Å²) in [6, 6.07) is 56.1. The van der Waals surface area contributed by atoms with Crippen molar-refractivity contribution >= 4 is 32.3 Å². The van der Waals surface area contributed by atoms with Gasteiger partial charge in [0.2, 0.25) is 0 Å². The van der Waals surface area contributed by atoms with Crippen molar-refractivity contribution < 1.29 is 0 Å². The Morgan fingerprint density at radius 2 is 1.09 bits per heavy atom. The van der Waals surface area contributed by atoms with Gasteiger partial charge >= 0.3 is 0 Å². The van der Waals surface area contributed by atoms with Crippen LogP contribution in [0.3, 0.4) is 0 Å². The highest BCUT2D eigenvalue weighted by atomic mass is 14.9. The highest BCUT2D eigenvalue weighted by molar-refractivity contribution is 6.15. The molecule has 2 aromatic heterocycles. The number of benzene rings is 7. The molecule has 262 valence electrons. The first-order valence-electron chi connectivity index (χ1n) is 18.9. The van der Waals surface area contributed by atoms with Crippen LogP contribution in [0.4, 0.5) is 0 Å². The van der Waals surface area contributed by atoms with E-state index in [1.807, 2.05) is 12.3 Å². The predicted octanol–water partition coefficient (Wildman–Crippen LogP) is 13.9. The quantitative estimate of drug-likeness (QED) is 0.117. The monoisotopic (exact) mass is 705 g/mol. The van der Waals surface area contributed by atoms with Crippen LogP contribution in [0.5, 0.6) is 0 Å². The van der Waals surface area contributed by atoms with Crippen molar-refractivity contribution in [2.24, 2.45) is 0 Å². The third-order valence-corrected chi connectivity index (χ3v) is 10.5. The van der Waals surface area contributed by atoms with E-state index in [-0.39, 0.29) is 5.92 Å². The van der Waals surface area contributed by atoms with Crippen LogP contribution >= 0.6 is 0 Å². The van der Waals surface area contributed by atoms with Crippen molar-refractivity contribution in [3.63, 3.8) is 0 Å². The number of rotatable bonds is 8. The fraction of sp³-hybridized carbons (Fsp3) is 0.0577. The second-order valence-corrected chi connectivity index (χ2v) is 14.0. The number of hydrogen-bond acceptors (Lipinski definition) is 3. The number of nitrogens with zero attached hydrogens (tertiary/aromatic N) is 3. The molecule has 3 heteroatoms. The zero-order valence-electron chi connectivity index (χ0n) is 30.9. The van der Waals surface area contributed by atoms with Crippen molar-refractivity contribution in [2.45, 2.75) is 19.8 Å². The van der Waals surface area contributed by atoms with Crippen LogP contribution in [0.25, 0.3) is 88.5 Å². The SMILES string of the molecule is C/C=C\C=C/C(C)c1c2ccccc2c(-c2cccc(-c3nc(-c4cccc(-c5cccnc5)c4)cc(-c4cccc5ccccc45)n3)c2)c2ccccc12. The van der Waals surface area contributed by atoms with Crippen molar-refractivity contribution in [1.82, 2.24) is 15.0 Å². The van der Waals surface area contributed by atoms with E-state index in [0.717, 1.165) is 50.2 Å². The summed E-state index contributed by atoms with van der Waals surface area (Å²) >= 11 is 0. The summed E-state index contributed by atoms with van der Waals surface area (Å²) < 4.78 is 0. The van der Waals surface area contributed by atoms with E-state index in [1.165, 1.54) is 38.1 Å². The minimum Gasteiger partial charge on any atom is -0.264 e. The van der Waals surface area contributed by atoms with Gasteiger partial charge in [-0.3, -0.25) is 4.98 Å². The van der Waals surface area contributed by atoms with Crippen LogP contribution in [0, 0.1) is 0 Å². The average Bonchev–Trinajstić information content (AvgIpc) is 3.25. The summed E-state index contributed by atoms with van der Waals surface area (Å²) in [5.74, 6) is 0.911. The Kier molecular flexibility index (Phi) is 9.11. The molecule has 0 bridgehead atoms. The lowest BCUT2D eigenvalue weighted by molar-refractivity contribution is 0.992. The molecule has 3 nitrogen and oxygen atoms in total. The first-order chi connectivity index (χ1) is 27.2. The van der Waals surface area contributed by atoms with Gasteiger partial charge in [0.05, 0.1) is 11.4 Å². The first kappa shape index (κ1) is 33.8. The van der Waals surface area contributed by atoms with Crippen LogP contribution in [0.1, 0.15) is 25.3 Å². The zero-order chi connectivity index (χ0) is 37.1. The lowest BCUT2D eigenvalue weighted by Gasteiger charge is -2.20. The molecule has 9 rings (SSSR count). The zero-order valence-corrected chi connectivity index (χ0v) is 30.9. The van der Waals surface area contributed by atoms with Crippen molar-refractivity contribution in [1.29, 1.82) is 0 Å². The van der Waals surface area contributed by atoms with Gasteiger partial charge in [-0.15, -0.1) is 0 Å². The Hall–Kier alpha value is -6.97. The molecule has 0 aliphatic carbocycles. The second kappa shape index (κ2) is 14.8. The molecule has 1 unspecified atom stereocenters. The molecule has 0 radical (unpaired) electrons. The third kappa shape index (κ3) is 6.51. The van der Waals surface area contributed by atoms with E-state index in [0.29, 0.717) is 5.82 Å². The summed E-state index contributed by atoms with van der Waals surface area (Å²) in [5.41, 5.74) is 10.7. The van der Waals surface area contributed by atoms with E-state index >= 15 is 0 Å². The fourth-order valence-corrected chi connectivity index (χ4v) is 7.92. The van der Waals surface area contributed by atoms with Crippen LogP contribution in [-0.4, -0.2) is 15.0 Å². The van der Waals surface area contributed by atoms with Gasteiger partial charge in [0, 0.05) is 40.6 Å². The summed E-state index contributed by atoms with van der Waals surface area (Å²) in [7, 11) is 0. The van der Waals surface area contributed by atoms with Gasteiger partial charge in [-0.1, -0.05) is 165 Å². The highest BCUT2D eigenvalue weighted by Crippen LogP contribution is 2.43. The molecule has 7 aromatic carbocycles. The molecule has 0 N–H and O–H groups in total. The average molecular weight is 706 g/mol. The molecule has 0 saturated carbocycles. The second-order valence-electron chi connectivity index (χ2n) is 14.0. The van der Waals surface area contributed by atoms with Gasteiger partial charge in [-0.2, -0.15) is 0 Å². The van der Waals surface area contributed by atoms with Crippen molar-refractivity contribution in [2.75, 3.05) is 0 Å². The fourth-order valence-electron chi connectivity index (χ4n) is 7.92. The standard InChI is InChI=1S/C52H39N3/c1-3-4-5-16-35(2)50-44-25-8-10-27-46(44)51(47-28-11-9-26-45(47)50)39-21-13-22-40(32-39)52-54-48(38-20-12-19-37(31-38)41-23-15-30-53-34-41)33-49(55-52)43-29-14-18-36-17-6-7-24-42(36)43/h3-35H,1-2H3/b4-3-,16-5-. The molecular formula is C52H39N3. The smallest absolute Gasteiger partial charge is 0.160 e. The lowest BCUT2D eigenvalue weighted by atomic mass is 9.84. The minimum atomic E-state index is 0.228. The first-order valence-corrected chi connectivity index (χ1v) is 18.9. The van der Waals surface area contributed by atoms with Crippen LogP contribution in [-0.2, 0) is 0 Å². The number of aromatic nitrogens is 3. The molecule has 9 aromatic rings. The van der Waals surface area contributed by atoms with Crippen LogP contribution in [0.2, 0.25) is 0 Å². The van der Waals surface area contributed by atoms with Gasteiger partial charge in [0.25, 0.3) is 0 Å². The molecule has 1 atom stereocenters. The number of allylic oxidation sites excluding steroid dienone is 4. The Labute approximate surface area is 322 Å². The Morgan fingerprint density at radius 1 is 0.491 bits per heavy atom. The molecular weight excluding hydrogens is 667 g/mol. The van der Waals surface area contributed by atoms with Crippen molar-refractivity contribution in [3.8, 4) is 56.2 Å². The molecule has 0 aliphatic heterocycles. The number of pyridine rings is 1. The third-order valence-electron chi connectivity index (χ3n) is 10.5. The van der Waals surface area contributed by atoms with E-state index in [4.69, 9.17) is 9.97 Å². The van der Waals surface area contributed by atoms with E-state index in [2.05, 4.69) is 195 Å². The maximum absolute atomic E-state index is 5.33. The molecule has 0 amide bonds. The summed E-state index contributed by atoms with van der Waals surface area (Å²) in [4.78, 5) is 15.0. The lowest BCUT2D eigenvalue weighted by Crippen LogP contribution is -1.98. The predicted molar refractivity (Wildman–Crippen MR) is 232 cm³/mol. The van der Waals surface area contributed by atoms with E-state index in [1.54, 1.807) is 6.20 Å². The Balaban J connectivity index is 1.25. The van der Waals surface area contributed by atoms with Gasteiger partial charge in [0.15, 0.2) is 5.82 Å². The molecule has 0 saturated heterocycles. The molecule has 2 heterocycles. The molecule has 0 aliphatic rings. The van der Waals surface area contributed by atoms with E-state index < -0.39 is 0 Å². The summed E-state index contributed by atoms with van der Waals surface area (Å²) in [6.45, 7) is 4.34. The van der Waals surface area contributed by atoms with Crippen molar-refractivity contribution in [3.05, 3.63) is 200 Å². The normalized spacial score (nSPS) is 12.3. The topological polar surface area (TPSA) is 38.7 Å². The van der Waals surface area contributed by atoms with Gasteiger partial charge in [0.1, 0.15) is 0 Å². The largest absolute Gasteiger partial charge is 0.264 e. The van der Waals surface area contributed by atoms with E-state index in [9.17, 15) is 0 Å². The Morgan fingerprint density at radius 3 is 1.84 bits per heavy atom. The van der Waals surface area contributed by atoms with Gasteiger partial charge < -0.3 is 0 Å². The summed E-state index contributed by atoms with van der Waals surface area (Å²) in [5, 5.41) is 7.34. The van der Waals surface area contributed by atoms with Gasteiger partial charge in [-0.25, -0.2) is 9.97 Å². The number of hydrogen-bond donors (Lipinski definition) is 0. The van der Waals surface area contributed by atoms with Crippen LogP contribution < -0.4 is 0 Å². The highest BCUT2D eigenvalue weighted by Gasteiger charge is 2.19. The van der Waals surface area contributed by atoms with Gasteiger partial charge in [-0.05, 0) is 85.8 Å². The molecule has 55 heavy (non-hydrogen) atoms. The maximum atomic E-state index is 5.33. The number of fused-ring (bicyclic) bond motifs is 3. The molecule has 0 fully saturated rings. The Bertz CT molecular complexity index is 2840. The minimum absolute atomic E-state index is 0.228.